The van der Waals surface area contributed by atoms with E-state index in [9.17, 15) is 14.7 Å². The molecule has 0 spiro atoms. The Bertz CT molecular complexity index is 682. The van der Waals surface area contributed by atoms with Crippen molar-refractivity contribution >= 4 is 11.9 Å². The third-order valence-electron chi connectivity index (χ3n) is 5.55. The highest BCUT2D eigenvalue weighted by atomic mass is 16.5. The summed E-state index contributed by atoms with van der Waals surface area (Å²) in [6.07, 6.45) is 9.34. The lowest BCUT2D eigenvalue weighted by Gasteiger charge is -2.44. The van der Waals surface area contributed by atoms with Crippen molar-refractivity contribution in [3.8, 4) is 0 Å². The van der Waals surface area contributed by atoms with E-state index in [1.165, 1.54) is 25.7 Å². The first kappa shape index (κ1) is 23.2. The standard InChI is InChI=1S/C21H34N4O4/c1-20(2,3)17(19(27)29-5)25-21(4,28)16(14-9-7-6-8-10-14)24-18(26)15-13-22-11-12-23-15/h11-14,16-17,25,28H,6-10H2,1-5H3,(H,24,26)/t16-,17?,21?/m0/s1. The van der Waals surface area contributed by atoms with Crippen LogP contribution in [0.15, 0.2) is 18.6 Å². The van der Waals surface area contributed by atoms with Gasteiger partial charge in [-0.3, -0.25) is 19.9 Å². The normalized spacial score (nSPS) is 19.7. The zero-order valence-electron chi connectivity index (χ0n) is 18.1. The minimum absolute atomic E-state index is 0.0742. The third kappa shape index (κ3) is 6.21. The van der Waals surface area contributed by atoms with Gasteiger partial charge in [0.15, 0.2) is 0 Å². The number of amides is 1. The molecule has 1 aromatic rings. The van der Waals surface area contributed by atoms with E-state index in [-0.39, 0.29) is 11.6 Å². The number of esters is 1. The lowest BCUT2D eigenvalue weighted by molar-refractivity contribution is -0.150. The number of nitrogens with zero attached hydrogens (tertiary/aromatic N) is 2. The number of ether oxygens (including phenoxy) is 1. The first-order valence-electron chi connectivity index (χ1n) is 10.2. The van der Waals surface area contributed by atoms with E-state index in [1.54, 1.807) is 6.92 Å². The van der Waals surface area contributed by atoms with Gasteiger partial charge in [0.25, 0.3) is 5.91 Å². The average Bonchev–Trinajstić information content (AvgIpc) is 2.70. The Labute approximate surface area is 172 Å². The van der Waals surface area contributed by atoms with Gasteiger partial charge in [-0.15, -0.1) is 0 Å². The van der Waals surface area contributed by atoms with Gasteiger partial charge in [-0.25, -0.2) is 4.98 Å². The Morgan fingerprint density at radius 2 is 1.83 bits per heavy atom. The molecule has 1 fully saturated rings. The number of hydrogen-bond donors (Lipinski definition) is 3. The number of nitrogens with one attached hydrogen (secondary N) is 2. The summed E-state index contributed by atoms with van der Waals surface area (Å²) in [4.78, 5) is 33.1. The van der Waals surface area contributed by atoms with Gasteiger partial charge in [0.05, 0.1) is 19.3 Å². The molecular weight excluding hydrogens is 372 g/mol. The quantitative estimate of drug-likeness (QED) is 0.469. The van der Waals surface area contributed by atoms with Crippen LogP contribution in [0.3, 0.4) is 0 Å². The smallest absolute Gasteiger partial charge is 0.323 e. The molecule has 0 aliphatic heterocycles. The van der Waals surface area contributed by atoms with E-state index in [2.05, 4.69) is 20.6 Å². The number of aliphatic hydroxyl groups is 1. The van der Waals surface area contributed by atoms with E-state index in [0.29, 0.717) is 0 Å². The molecule has 8 heteroatoms. The van der Waals surface area contributed by atoms with E-state index < -0.39 is 35.1 Å². The van der Waals surface area contributed by atoms with Crippen molar-refractivity contribution in [2.24, 2.45) is 11.3 Å². The van der Waals surface area contributed by atoms with Crippen molar-refractivity contribution in [1.29, 1.82) is 0 Å². The molecule has 162 valence electrons. The fraction of sp³-hybridized carbons (Fsp3) is 0.714. The van der Waals surface area contributed by atoms with Crippen molar-refractivity contribution < 1.29 is 19.4 Å². The molecule has 1 aliphatic rings. The van der Waals surface area contributed by atoms with Crippen LogP contribution < -0.4 is 10.6 Å². The van der Waals surface area contributed by atoms with Gasteiger partial charge >= 0.3 is 5.97 Å². The van der Waals surface area contributed by atoms with E-state index in [0.717, 1.165) is 32.1 Å². The van der Waals surface area contributed by atoms with Gasteiger partial charge in [0, 0.05) is 12.4 Å². The molecule has 1 aromatic heterocycles. The number of carbonyl (C=O) groups is 2. The van der Waals surface area contributed by atoms with Crippen LogP contribution in [-0.2, 0) is 9.53 Å². The predicted octanol–water partition coefficient (Wildman–Crippen LogP) is 2.04. The number of methoxy groups -OCH3 is 1. The third-order valence-corrected chi connectivity index (χ3v) is 5.55. The maximum absolute atomic E-state index is 12.8. The second-order valence-electron chi connectivity index (χ2n) is 9.05. The van der Waals surface area contributed by atoms with Gasteiger partial charge < -0.3 is 15.2 Å². The molecule has 0 radical (unpaired) electrons. The first-order chi connectivity index (χ1) is 13.6. The molecule has 3 N–H and O–H groups in total. The molecule has 29 heavy (non-hydrogen) atoms. The predicted molar refractivity (Wildman–Crippen MR) is 109 cm³/mol. The van der Waals surface area contributed by atoms with Crippen LogP contribution in [-0.4, -0.2) is 51.9 Å². The summed E-state index contributed by atoms with van der Waals surface area (Å²) < 4.78 is 4.94. The van der Waals surface area contributed by atoms with E-state index in [4.69, 9.17) is 4.74 Å². The maximum atomic E-state index is 12.8. The van der Waals surface area contributed by atoms with Crippen molar-refractivity contribution in [2.45, 2.75) is 77.6 Å². The van der Waals surface area contributed by atoms with Crippen molar-refractivity contribution in [3.05, 3.63) is 24.3 Å². The van der Waals surface area contributed by atoms with Crippen LogP contribution >= 0.6 is 0 Å². The van der Waals surface area contributed by atoms with Gasteiger partial charge in [0.2, 0.25) is 0 Å². The molecule has 8 nitrogen and oxygen atoms in total. The molecule has 1 amide bonds. The second kappa shape index (κ2) is 9.63. The van der Waals surface area contributed by atoms with Crippen molar-refractivity contribution in [2.75, 3.05) is 7.11 Å². The van der Waals surface area contributed by atoms with Crippen LogP contribution in [0.5, 0.6) is 0 Å². The summed E-state index contributed by atoms with van der Waals surface area (Å²) >= 11 is 0. The zero-order chi connectivity index (χ0) is 21.7. The molecule has 3 atom stereocenters. The first-order valence-corrected chi connectivity index (χ1v) is 10.2. The summed E-state index contributed by atoms with van der Waals surface area (Å²) in [6.45, 7) is 7.28. The monoisotopic (exact) mass is 406 g/mol. The molecule has 0 saturated heterocycles. The summed E-state index contributed by atoms with van der Waals surface area (Å²) in [5.41, 5.74) is -1.85. The van der Waals surface area contributed by atoms with Crippen molar-refractivity contribution in [3.63, 3.8) is 0 Å². The second-order valence-corrected chi connectivity index (χ2v) is 9.05. The van der Waals surface area contributed by atoms with Crippen molar-refractivity contribution in [1.82, 2.24) is 20.6 Å². The Balaban J connectivity index is 2.29. The summed E-state index contributed by atoms with van der Waals surface area (Å²) in [5, 5.41) is 17.5. The SMILES string of the molecule is COC(=O)C(NC(C)(O)[C@@H](NC(=O)c1cnccn1)C1CCCCC1)C(C)(C)C. The van der Waals surface area contributed by atoms with E-state index in [1.807, 2.05) is 20.8 Å². The van der Waals surface area contributed by atoms with Crippen LogP contribution in [0, 0.1) is 11.3 Å². The average molecular weight is 407 g/mol. The van der Waals surface area contributed by atoms with Crippen LogP contribution in [0.4, 0.5) is 0 Å². The van der Waals surface area contributed by atoms with Crippen LogP contribution in [0.25, 0.3) is 0 Å². The van der Waals surface area contributed by atoms with Gasteiger partial charge in [-0.1, -0.05) is 40.0 Å². The molecule has 1 heterocycles. The van der Waals surface area contributed by atoms with Crippen LogP contribution in [0.2, 0.25) is 0 Å². The largest absolute Gasteiger partial charge is 0.468 e. The molecule has 2 unspecified atom stereocenters. The summed E-state index contributed by atoms with van der Waals surface area (Å²) in [7, 11) is 1.33. The molecule has 2 rings (SSSR count). The lowest BCUT2D eigenvalue weighted by Crippen LogP contribution is -2.67. The Kier molecular flexibility index (Phi) is 7.71. The summed E-state index contributed by atoms with van der Waals surface area (Å²) in [5.74, 6) is -0.785. The highest BCUT2D eigenvalue weighted by molar-refractivity contribution is 5.92. The molecule has 0 bridgehead atoms. The fourth-order valence-electron chi connectivity index (χ4n) is 3.95. The molecular formula is C21H34N4O4. The van der Waals surface area contributed by atoms with Gasteiger partial charge in [-0.05, 0) is 31.1 Å². The Morgan fingerprint density at radius 3 is 2.34 bits per heavy atom. The van der Waals surface area contributed by atoms with Crippen LogP contribution in [0.1, 0.15) is 70.3 Å². The maximum Gasteiger partial charge on any atom is 0.323 e. The zero-order valence-corrected chi connectivity index (χ0v) is 18.1. The minimum Gasteiger partial charge on any atom is -0.468 e. The highest BCUT2D eigenvalue weighted by Gasteiger charge is 2.44. The Hall–Kier alpha value is -2.06. The fourth-order valence-corrected chi connectivity index (χ4v) is 3.95. The Morgan fingerprint density at radius 1 is 1.17 bits per heavy atom. The van der Waals surface area contributed by atoms with Gasteiger partial charge in [0.1, 0.15) is 17.5 Å². The number of hydrogen-bond acceptors (Lipinski definition) is 7. The number of aromatic nitrogens is 2. The molecule has 1 aliphatic carbocycles. The number of rotatable bonds is 7. The van der Waals surface area contributed by atoms with E-state index >= 15 is 0 Å². The number of carbonyl (C=O) groups excluding carboxylic acids is 2. The van der Waals surface area contributed by atoms with Gasteiger partial charge in [-0.2, -0.15) is 0 Å². The minimum atomic E-state index is -1.54. The molecule has 0 aromatic carbocycles. The topological polar surface area (TPSA) is 113 Å². The summed E-state index contributed by atoms with van der Waals surface area (Å²) in [6, 6.07) is -1.35. The lowest BCUT2D eigenvalue weighted by atomic mass is 9.78. The highest BCUT2D eigenvalue weighted by Crippen LogP contribution is 2.32. The molecule has 1 saturated carbocycles.